The topological polar surface area (TPSA) is 18.5 Å². The Morgan fingerprint density at radius 1 is 1.36 bits per heavy atom. The Labute approximate surface area is 69.9 Å². The van der Waals surface area contributed by atoms with E-state index in [-0.39, 0.29) is 0 Å². The molecule has 1 fully saturated rings. The smallest absolute Gasteiger partial charge is 0.0812 e. The van der Waals surface area contributed by atoms with Crippen LogP contribution in [0, 0.1) is 0 Å². The first-order valence-corrected chi connectivity index (χ1v) is 4.47. The van der Waals surface area contributed by atoms with Crippen molar-refractivity contribution in [1.82, 2.24) is 0 Å². The van der Waals surface area contributed by atoms with Crippen molar-refractivity contribution in [3.8, 4) is 0 Å². The van der Waals surface area contributed by atoms with Crippen molar-refractivity contribution in [2.24, 2.45) is 0 Å². The van der Waals surface area contributed by atoms with Crippen molar-refractivity contribution < 1.29 is 9.47 Å². The Bertz CT molecular complexity index is 81.6. The molecular weight excluding hydrogens is 140 g/mol. The molecule has 1 heterocycles. The van der Waals surface area contributed by atoms with E-state index in [0.717, 1.165) is 13.0 Å². The zero-order chi connectivity index (χ0) is 8.69. The van der Waals surface area contributed by atoms with Crippen molar-refractivity contribution in [2.45, 2.75) is 45.8 Å². The molecule has 2 nitrogen and oxygen atoms in total. The predicted octanol–water partition coefficient (Wildman–Crippen LogP) is 2.23. The molecule has 2 atom stereocenters. The highest BCUT2D eigenvalue weighted by Gasteiger charge is 2.20. The highest BCUT2D eigenvalue weighted by molar-refractivity contribution is 4.69. The third-order valence-electron chi connectivity index (χ3n) is 1.67. The van der Waals surface area contributed by atoms with Crippen LogP contribution < -0.4 is 0 Å². The monoisotopic (exact) mass is 160 g/mol. The average Bonchev–Trinajstić information content (AvgIpc) is 2.41. The van der Waals surface area contributed by atoms with Gasteiger partial charge in [-0.3, -0.25) is 0 Å². The first kappa shape index (κ1) is 10.9. The summed E-state index contributed by atoms with van der Waals surface area (Å²) < 4.78 is 10.4. The van der Waals surface area contributed by atoms with Crippen LogP contribution in [0.25, 0.3) is 0 Å². The summed E-state index contributed by atoms with van der Waals surface area (Å²) in [6, 6.07) is 0. The van der Waals surface area contributed by atoms with Crippen molar-refractivity contribution in [2.75, 3.05) is 13.7 Å². The number of hydrogen-bond donors (Lipinski definition) is 0. The molecule has 0 radical (unpaired) electrons. The van der Waals surface area contributed by atoms with E-state index in [4.69, 9.17) is 9.47 Å². The molecule has 0 amide bonds. The van der Waals surface area contributed by atoms with Gasteiger partial charge in [-0.25, -0.2) is 0 Å². The van der Waals surface area contributed by atoms with Gasteiger partial charge in [0.15, 0.2) is 0 Å². The average molecular weight is 160 g/mol. The van der Waals surface area contributed by atoms with E-state index in [1.54, 1.807) is 7.11 Å². The first-order valence-electron chi connectivity index (χ1n) is 4.47. The number of rotatable bonds is 2. The summed E-state index contributed by atoms with van der Waals surface area (Å²) in [5.74, 6) is 0. The molecule has 0 aromatic heterocycles. The van der Waals surface area contributed by atoms with E-state index >= 15 is 0 Å². The number of methoxy groups -OCH3 is 1. The van der Waals surface area contributed by atoms with Gasteiger partial charge in [0, 0.05) is 7.11 Å². The van der Waals surface area contributed by atoms with Gasteiger partial charge in [-0.15, -0.1) is 0 Å². The van der Waals surface area contributed by atoms with Crippen molar-refractivity contribution in [3.63, 3.8) is 0 Å². The van der Waals surface area contributed by atoms with Gasteiger partial charge in [0.25, 0.3) is 0 Å². The molecule has 0 spiro atoms. The third kappa shape index (κ3) is 4.38. The lowest BCUT2D eigenvalue weighted by Gasteiger charge is -2.08. The molecule has 2 unspecified atom stereocenters. The first-order chi connectivity index (χ1) is 5.33. The molecule has 0 N–H and O–H groups in total. The molecule has 1 aliphatic rings. The van der Waals surface area contributed by atoms with Gasteiger partial charge < -0.3 is 9.47 Å². The van der Waals surface area contributed by atoms with Crippen LogP contribution in [0.4, 0.5) is 0 Å². The number of hydrogen-bond acceptors (Lipinski definition) is 2. The molecule has 0 aliphatic carbocycles. The molecule has 0 aromatic rings. The summed E-state index contributed by atoms with van der Waals surface area (Å²) in [7, 11) is 1.71. The van der Waals surface area contributed by atoms with Gasteiger partial charge in [-0.1, -0.05) is 13.8 Å². The Morgan fingerprint density at radius 2 is 2.00 bits per heavy atom. The van der Waals surface area contributed by atoms with Gasteiger partial charge in [-0.2, -0.15) is 0 Å². The fourth-order valence-corrected chi connectivity index (χ4v) is 1.19. The normalized spacial score (nSPS) is 29.5. The summed E-state index contributed by atoms with van der Waals surface area (Å²) in [5.41, 5.74) is 0. The highest BCUT2D eigenvalue weighted by Crippen LogP contribution is 2.18. The van der Waals surface area contributed by atoms with E-state index in [0.29, 0.717) is 12.2 Å². The van der Waals surface area contributed by atoms with E-state index in [2.05, 4.69) is 6.92 Å². The second kappa shape index (κ2) is 6.62. The van der Waals surface area contributed by atoms with Crippen LogP contribution in [0.5, 0.6) is 0 Å². The lowest BCUT2D eigenvalue weighted by atomic mass is 10.2. The summed E-state index contributed by atoms with van der Waals surface area (Å²) in [6.45, 7) is 6.86. The number of ether oxygens (including phenoxy) is 2. The van der Waals surface area contributed by atoms with E-state index in [1.807, 2.05) is 13.8 Å². The summed E-state index contributed by atoms with van der Waals surface area (Å²) in [5, 5.41) is 0. The van der Waals surface area contributed by atoms with Crippen LogP contribution in [-0.4, -0.2) is 25.9 Å². The Balaban J connectivity index is 0.000000461. The zero-order valence-corrected chi connectivity index (χ0v) is 8.09. The highest BCUT2D eigenvalue weighted by atomic mass is 16.5. The van der Waals surface area contributed by atoms with Crippen LogP contribution in [0.3, 0.4) is 0 Å². The molecule has 1 rings (SSSR count). The van der Waals surface area contributed by atoms with Crippen LogP contribution in [0.15, 0.2) is 0 Å². The van der Waals surface area contributed by atoms with Crippen LogP contribution in [-0.2, 0) is 9.47 Å². The maximum atomic E-state index is 5.48. The SMILES string of the molecule is CC.COCC1CCC(C)O1. The zero-order valence-electron chi connectivity index (χ0n) is 8.09. The Kier molecular flexibility index (Phi) is 6.57. The third-order valence-corrected chi connectivity index (χ3v) is 1.67. The summed E-state index contributed by atoms with van der Waals surface area (Å²) >= 11 is 0. The molecule has 2 heteroatoms. The second-order valence-corrected chi connectivity index (χ2v) is 2.60. The minimum Gasteiger partial charge on any atom is -0.382 e. The van der Waals surface area contributed by atoms with Crippen molar-refractivity contribution >= 4 is 0 Å². The molecule has 68 valence electrons. The molecule has 11 heavy (non-hydrogen) atoms. The summed E-state index contributed by atoms with van der Waals surface area (Å²) in [6.07, 6.45) is 3.17. The van der Waals surface area contributed by atoms with Crippen molar-refractivity contribution in [1.29, 1.82) is 0 Å². The Hall–Kier alpha value is -0.0800. The molecule has 0 saturated carbocycles. The molecule has 1 saturated heterocycles. The largest absolute Gasteiger partial charge is 0.382 e. The lowest BCUT2D eigenvalue weighted by molar-refractivity contribution is 0.00553. The van der Waals surface area contributed by atoms with Gasteiger partial charge in [0.05, 0.1) is 18.8 Å². The van der Waals surface area contributed by atoms with E-state index < -0.39 is 0 Å². The maximum Gasteiger partial charge on any atom is 0.0812 e. The minimum absolute atomic E-state index is 0.366. The van der Waals surface area contributed by atoms with E-state index in [9.17, 15) is 0 Å². The summed E-state index contributed by atoms with van der Waals surface area (Å²) in [4.78, 5) is 0. The quantitative estimate of drug-likeness (QED) is 0.616. The standard InChI is InChI=1S/C7H14O2.C2H6/c1-6-3-4-7(9-6)5-8-2;1-2/h6-7H,3-5H2,1-2H3;1-2H3. The molecule has 1 aliphatic heterocycles. The predicted molar refractivity (Wildman–Crippen MR) is 46.8 cm³/mol. The molecule has 0 aromatic carbocycles. The van der Waals surface area contributed by atoms with E-state index in [1.165, 1.54) is 6.42 Å². The fourth-order valence-electron chi connectivity index (χ4n) is 1.19. The van der Waals surface area contributed by atoms with Gasteiger partial charge in [-0.05, 0) is 19.8 Å². The van der Waals surface area contributed by atoms with Gasteiger partial charge in [0.2, 0.25) is 0 Å². The van der Waals surface area contributed by atoms with Crippen LogP contribution >= 0.6 is 0 Å². The van der Waals surface area contributed by atoms with Crippen LogP contribution in [0.2, 0.25) is 0 Å². The fraction of sp³-hybridized carbons (Fsp3) is 1.00. The lowest BCUT2D eigenvalue weighted by Crippen LogP contribution is -2.14. The maximum absolute atomic E-state index is 5.48. The van der Waals surface area contributed by atoms with Gasteiger partial charge in [0.1, 0.15) is 0 Å². The Morgan fingerprint density at radius 3 is 2.36 bits per heavy atom. The van der Waals surface area contributed by atoms with Gasteiger partial charge >= 0.3 is 0 Å². The second-order valence-electron chi connectivity index (χ2n) is 2.60. The van der Waals surface area contributed by atoms with Crippen molar-refractivity contribution in [3.05, 3.63) is 0 Å². The molecular formula is C9H20O2. The van der Waals surface area contributed by atoms with Crippen LogP contribution in [0.1, 0.15) is 33.6 Å². The molecule has 0 bridgehead atoms. The minimum atomic E-state index is 0.366.